The van der Waals surface area contributed by atoms with Crippen LogP contribution in [0.25, 0.3) is 22.3 Å². The third-order valence-corrected chi connectivity index (χ3v) is 5.05. The lowest BCUT2D eigenvalue weighted by atomic mass is 10.0. The number of nitrogens with two attached hydrogens (primary N) is 1. The number of hydrogen-bond acceptors (Lipinski definition) is 5. The van der Waals surface area contributed by atoms with Gasteiger partial charge in [-0.1, -0.05) is 24.3 Å². The molecule has 1 aliphatic rings. The van der Waals surface area contributed by atoms with Gasteiger partial charge in [-0.05, 0) is 36.1 Å². The van der Waals surface area contributed by atoms with Gasteiger partial charge >= 0.3 is 0 Å². The van der Waals surface area contributed by atoms with Gasteiger partial charge in [-0.3, -0.25) is 5.10 Å². The third kappa shape index (κ3) is 2.59. The monoisotopic (exact) mass is 361 g/mol. The minimum absolute atomic E-state index is 0.160. The topological polar surface area (TPSA) is 101 Å². The predicted molar refractivity (Wildman–Crippen MR) is 99.7 cm³/mol. The van der Waals surface area contributed by atoms with Gasteiger partial charge in [-0.15, -0.1) is 0 Å². The van der Waals surface area contributed by atoms with E-state index in [4.69, 9.17) is 5.73 Å². The Bertz CT molecular complexity index is 1140. The zero-order valence-electron chi connectivity index (χ0n) is 14.3. The molecule has 7 heteroatoms. The van der Waals surface area contributed by atoms with Crippen molar-refractivity contribution in [2.24, 2.45) is 0 Å². The first-order valence-corrected chi connectivity index (χ1v) is 8.66. The van der Waals surface area contributed by atoms with E-state index >= 15 is 0 Å². The van der Waals surface area contributed by atoms with Crippen molar-refractivity contribution in [3.05, 3.63) is 65.2 Å². The van der Waals surface area contributed by atoms with Crippen LogP contribution < -0.4 is 5.73 Å². The molecule has 0 aliphatic heterocycles. The second-order valence-electron chi connectivity index (χ2n) is 6.84. The number of fused-ring (bicyclic) bond motifs is 2. The summed E-state index contributed by atoms with van der Waals surface area (Å²) in [5, 5.41) is 17.3. The maximum atomic E-state index is 13.7. The van der Waals surface area contributed by atoms with Crippen LogP contribution >= 0.6 is 0 Å². The van der Waals surface area contributed by atoms with Gasteiger partial charge in [0.25, 0.3) is 0 Å². The molecule has 5 rings (SSSR count). The summed E-state index contributed by atoms with van der Waals surface area (Å²) in [4.78, 5) is 9.12. The summed E-state index contributed by atoms with van der Waals surface area (Å²) in [5.74, 6) is 0.391. The quantitative estimate of drug-likeness (QED) is 0.508. The Morgan fingerprint density at radius 2 is 1.81 bits per heavy atom. The highest BCUT2D eigenvalue weighted by Gasteiger charge is 2.26. The second kappa shape index (κ2) is 5.77. The molecule has 0 amide bonds. The van der Waals surface area contributed by atoms with Crippen molar-refractivity contribution in [3.8, 4) is 17.0 Å². The van der Waals surface area contributed by atoms with E-state index in [9.17, 15) is 9.50 Å². The number of aromatic amines is 1. The molecule has 0 unspecified atom stereocenters. The number of phenols is 1. The fourth-order valence-corrected chi connectivity index (χ4v) is 3.82. The summed E-state index contributed by atoms with van der Waals surface area (Å²) >= 11 is 0. The number of nitrogen functional groups attached to an aromatic ring is 1. The molecule has 4 aromatic rings. The van der Waals surface area contributed by atoms with Crippen molar-refractivity contribution in [2.45, 2.75) is 18.8 Å². The van der Waals surface area contributed by atoms with Crippen LogP contribution in [-0.2, 0) is 12.8 Å². The third-order valence-electron chi connectivity index (χ3n) is 5.05. The number of H-pyrrole nitrogens is 1. The van der Waals surface area contributed by atoms with Crippen molar-refractivity contribution in [1.82, 2.24) is 20.2 Å². The number of phenolic OH excluding ortho intramolecular Hbond substituents is 1. The lowest BCUT2D eigenvalue weighted by Gasteiger charge is -2.09. The molecule has 27 heavy (non-hydrogen) atoms. The second-order valence-corrected chi connectivity index (χ2v) is 6.84. The minimum Gasteiger partial charge on any atom is -0.508 e. The van der Waals surface area contributed by atoms with Gasteiger partial charge in [0.05, 0.1) is 11.1 Å². The highest BCUT2D eigenvalue weighted by molar-refractivity contribution is 5.98. The molecule has 0 bridgehead atoms. The smallest absolute Gasteiger partial charge is 0.187 e. The number of aromatic nitrogens is 4. The maximum absolute atomic E-state index is 13.7. The Balaban J connectivity index is 1.58. The number of hydrogen-bond donors (Lipinski definition) is 3. The Morgan fingerprint density at radius 1 is 1.07 bits per heavy atom. The summed E-state index contributed by atoms with van der Waals surface area (Å²) < 4.78 is 13.7. The van der Waals surface area contributed by atoms with E-state index in [0.29, 0.717) is 33.9 Å². The lowest BCUT2D eigenvalue weighted by molar-refractivity contribution is 0.469. The number of anilines is 1. The van der Waals surface area contributed by atoms with E-state index in [1.807, 2.05) is 12.1 Å². The molecule has 0 saturated heterocycles. The number of rotatable bonds is 2. The summed E-state index contributed by atoms with van der Waals surface area (Å²) in [6.45, 7) is 0. The van der Waals surface area contributed by atoms with Gasteiger partial charge in [0.15, 0.2) is 5.65 Å². The van der Waals surface area contributed by atoms with Crippen LogP contribution in [0, 0.1) is 5.82 Å². The lowest BCUT2D eigenvalue weighted by Crippen LogP contribution is -2.07. The Labute approximate surface area is 153 Å². The first-order chi connectivity index (χ1) is 13.1. The normalized spacial score (nSPS) is 14.0. The van der Waals surface area contributed by atoms with Crippen LogP contribution in [-0.4, -0.2) is 25.3 Å². The molecule has 0 fully saturated rings. The van der Waals surface area contributed by atoms with E-state index in [-0.39, 0.29) is 11.7 Å². The van der Waals surface area contributed by atoms with Gasteiger partial charge in [-0.2, -0.15) is 5.10 Å². The van der Waals surface area contributed by atoms with Crippen molar-refractivity contribution in [1.29, 1.82) is 0 Å². The zero-order valence-corrected chi connectivity index (χ0v) is 14.3. The molecule has 1 aliphatic carbocycles. The van der Waals surface area contributed by atoms with E-state index in [1.54, 1.807) is 0 Å². The number of benzene rings is 2. The first kappa shape index (κ1) is 15.7. The first-order valence-electron chi connectivity index (χ1n) is 8.66. The van der Waals surface area contributed by atoms with Gasteiger partial charge in [-0.25, -0.2) is 14.4 Å². The summed E-state index contributed by atoms with van der Waals surface area (Å²) in [5.41, 5.74) is 10.2. The van der Waals surface area contributed by atoms with Crippen LogP contribution in [0.4, 0.5) is 10.2 Å². The summed E-state index contributed by atoms with van der Waals surface area (Å²) in [7, 11) is 0. The van der Waals surface area contributed by atoms with Crippen LogP contribution in [0.2, 0.25) is 0 Å². The fraction of sp³-hybridized carbons (Fsp3) is 0.150. The predicted octanol–water partition coefficient (Wildman–Crippen LogP) is 3.33. The average Bonchev–Trinajstić information content (AvgIpc) is 3.25. The molecule has 0 saturated carbocycles. The van der Waals surface area contributed by atoms with Crippen LogP contribution in [0.3, 0.4) is 0 Å². The number of aromatic hydroxyl groups is 1. The molecule has 0 spiro atoms. The Morgan fingerprint density at radius 3 is 2.52 bits per heavy atom. The number of halogens is 1. The molecule has 6 nitrogen and oxygen atoms in total. The fourth-order valence-electron chi connectivity index (χ4n) is 3.82. The number of nitrogens with one attached hydrogen (secondary N) is 1. The van der Waals surface area contributed by atoms with E-state index in [0.717, 1.165) is 18.9 Å². The standard InChI is InChI=1S/C20H16FN5O/c21-14-7-12(8-15(27)9-14)17-16-18(22)23-19(24-20(16)26-25-17)13-5-10-3-1-2-4-11(10)6-13/h1-4,7-9,13,27H,5-6H2,(H3,22,23,24,25,26). The Kier molecular flexibility index (Phi) is 3.36. The zero-order chi connectivity index (χ0) is 18.5. The molecule has 2 aromatic heterocycles. The molecule has 4 N–H and O–H groups in total. The molecular formula is C20H16FN5O. The van der Waals surface area contributed by atoms with Crippen molar-refractivity contribution in [2.75, 3.05) is 5.73 Å². The molecular weight excluding hydrogens is 345 g/mol. The van der Waals surface area contributed by atoms with E-state index < -0.39 is 5.82 Å². The SMILES string of the molecule is Nc1nc(C2Cc3ccccc3C2)nc2n[nH]c(-c3cc(O)cc(F)c3)c12. The Hall–Kier alpha value is -3.48. The largest absolute Gasteiger partial charge is 0.508 e. The van der Waals surface area contributed by atoms with Crippen LogP contribution in [0.5, 0.6) is 5.75 Å². The van der Waals surface area contributed by atoms with Gasteiger partial charge in [0.1, 0.15) is 23.2 Å². The van der Waals surface area contributed by atoms with Gasteiger partial charge < -0.3 is 10.8 Å². The average molecular weight is 361 g/mol. The maximum Gasteiger partial charge on any atom is 0.187 e. The van der Waals surface area contributed by atoms with Crippen molar-refractivity contribution >= 4 is 16.9 Å². The van der Waals surface area contributed by atoms with Crippen LogP contribution in [0.1, 0.15) is 22.9 Å². The highest BCUT2D eigenvalue weighted by atomic mass is 19.1. The van der Waals surface area contributed by atoms with Gasteiger partial charge in [0.2, 0.25) is 0 Å². The van der Waals surface area contributed by atoms with Crippen molar-refractivity contribution in [3.63, 3.8) is 0 Å². The summed E-state index contributed by atoms with van der Waals surface area (Å²) in [6, 6.07) is 12.1. The minimum atomic E-state index is -0.549. The van der Waals surface area contributed by atoms with E-state index in [2.05, 4.69) is 32.3 Å². The van der Waals surface area contributed by atoms with Gasteiger partial charge in [0, 0.05) is 17.5 Å². The van der Waals surface area contributed by atoms with Crippen LogP contribution in [0.15, 0.2) is 42.5 Å². The molecule has 2 aromatic carbocycles. The molecule has 0 atom stereocenters. The molecule has 134 valence electrons. The van der Waals surface area contributed by atoms with E-state index in [1.165, 1.54) is 23.3 Å². The summed E-state index contributed by atoms with van der Waals surface area (Å²) in [6.07, 6.45) is 1.74. The van der Waals surface area contributed by atoms with Crippen molar-refractivity contribution < 1.29 is 9.50 Å². The molecule has 0 radical (unpaired) electrons. The highest BCUT2D eigenvalue weighted by Crippen LogP contribution is 2.35. The molecule has 2 heterocycles. The number of nitrogens with zero attached hydrogens (tertiary/aromatic N) is 3.